The van der Waals surface area contributed by atoms with Crippen molar-refractivity contribution in [2.24, 2.45) is 11.7 Å². The standard InChI is InChI=1S/C15H21NO2.C14H20N2O2.H2/c1-12-4-6-16(7-5-12)11-13-2-3-14-15(10-13)18-9-8-17-14;15-12-3-5-16(6-4-12)10-11-1-2-13-14(9-11)18-8-7-17-13;/h2-3,10,12H,4-9,11H2,1H3;1-2,9,12H,3-8,10,15H2;1H. The van der Waals surface area contributed by atoms with Crippen LogP contribution in [0.1, 0.15) is 45.2 Å². The predicted molar refractivity (Wildman–Crippen MR) is 143 cm³/mol. The van der Waals surface area contributed by atoms with Crippen molar-refractivity contribution in [2.45, 2.75) is 51.7 Å². The van der Waals surface area contributed by atoms with Crippen LogP contribution in [0.2, 0.25) is 0 Å². The van der Waals surface area contributed by atoms with E-state index in [2.05, 4.69) is 41.0 Å². The van der Waals surface area contributed by atoms with Crippen LogP contribution in [0.5, 0.6) is 23.0 Å². The SMILES string of the molecule is CC1CCN(Cc2ccc3c(c2)OCCO3)CC1.NC1CCN(Cc2ccc3c(c2)OCCO3)CC1.[HH]. The maximum absolute atomic E-state index is 5.92. The van der Waals surface area contributed by atoms with Crippen molar-refractivity contribution < 1.29 is 20.4 Å². The van der Waals surface area contributed by atoms with Crippen LogP contribution in [0.25, 0.3) is 0 Å². The van der Waals surface area contributed by atoms with E-state index in [4.69, 9.17) is 24.7 Å². The zero-order valence-electron chi connectivity index (χ0n) is 21.6. The van der Waals surface area contributed by atoms with E-state index >= 15 is 0 Å². The molecule has 0 radical (unpaired) electrons. The van der Waals surface area contributed by atoms with Crippen LogP contribution in [0.4, 0.5) is 0 Å². The van der Waals surface area contributed by atoms with Crippen LogP contribution < -0.4 is 24.7 Å². The van der Waals surface area contributed by atoms with E-state index in [-0.39, 0.29) is 1.43 Å². The van der Waals surface area contributed by atoms with E-state index in [1.807, 2.05) is 12.1 Å². The Labute approximate surface area is 216 Å². The molecule has 0 bridgehead atoms. The van der Waals surface area contributed by atoms with Crippen molar-refractivity contribution in [1.29, 1.82) is 0 Å². The molecule has 0 aliphatic carbocycles. The van der Waals surface area contributed by atoms with Gasteiger partial charge in [0.15, 0.2) is 23.0 Å². The molecule has 0 atom stereocenters. The minimum absolute atomic E-state index is 0. The average molecular weight is 498 g/mol. The van der Waals surface area contributed by atoms with Gasteiger partial charge in [0.05, 0.1) is 0 Å². The second-order valence-electron chi connectivity index (χ2n) is 10.5. The number of hydrogen-bond donors (Lipinski definition) is 1. The normalized spacial score (nSPS) is 20.9. The fourth-order valence-electron chi connectivity index (χ4n) is 5.22. The largest absolute Gasteiger partial charge is 0.486 e. The number of nitrogens with two attached hydrogens (primary N) is 1. The molecule has 0 spiro atoms. The van der Waals surface area contributed by atoms with Gasteiger partial charge < -0.3 is 24.7 Å². The molecule has 7 nitrogen and oxygen atoms in total. The zero-order valence-corrected chi connectivity index (χ0v) is 21.6. The molecule has 4 aliphatic heterocycles. The molecule has 198 valence electrons. The van der Waals surface area contributed by atoms with Crippen LogP contribution in [-0.4, -0.2) is 68.4 Å². The van der Waals surface area contributed by atoms with Crippen molar-refractivity contribution >= 4 is 0 Å². The summed E-state index contributed by atoms with van der Waals surface area (Å²) in [6.07, 6.45) is 4.85. The Kier molecular flexibility index (Phi) is 8.51. The van der Waals surface area contributed by atoms with Crippen LogP contribution in [-0.2, 0) is 13.1 Å². The summed E-state index contributed by atoms with van der Waals surface area (Å²) >= 11 is 0. The van der Waals surface area contributed by atoms with E-state index in [0.29, 0.717) is 32.5 Å². The molecule has 2 fully saturated rings. The summed E-state index contributed by atoms with van der Waals surface area (Å²) in [6, 6.07) is 13.0. The fraction of sp³-hybridized carbons (Fsp3) is 0.586. The third-order valence-electron chi connectivity index (χ3n) is 7.53. The fourth-order valence-corrected chi connectivity index (χ4v) is 5.22. The maximum atomic E-state index is 5.92. The first kappa shape index (κ1) is 25.2. The Hall–Kier alpha value is -2.48. The molecular formula is C29H43N3O4. The molecule has 2 saturated heterocycles. The monoisotopic (exact) mass is 497 g/mol. The smallest absolute Gasteiger partial charge is 0.161 e. The first-order valence-electron chi connectivity index (χ1n) is 13.6. The molecule has 0 aromatic heterocycles. The molecule has 7 heteroatoms. The van der Waals surface area contributed by atoms with Gasteiger partial charge in [-0.25, -0.2) is 0 Å². The molecule has 6 rings (SSSR count). The highest BCUT2D eigenvalue weighted by Crippen LogP contribution is 2.32. The molecule has 0 amide bonds. The molecule has 4 aliphatic rings. The van der Waals surface area contributed by atoms with E-state index in [1.54, 1.807) is 0 Å². The lowest BCUT2D eigenvalue weighted by molar-refractivity contribution is 0.169. The van der Waals surface area contributed by atoms with Crippen molar-refractivity contribution in [1.82, 2.24) is 9.80 Å². The summed E-state index contributed by atoms with van der Waals surface area (Å²) in [4.78, 5) is 4.99. The lowest BCUT2D eigenvalue weighted by Crippen LogP contribution is -2.39. The van der Waals surface area contributed by atoms with Crippen LogP contribution in [0.3, 0.4) is 0 Å². The number of rotatable bonds is 4. The summed E-state index contributed by atoms with van der Waals surface area (Å²) in [6.45, 7) is 11.6. The Balaban J connectivity index is 0.000000168. The van der Waals surface area contributed by atoms with E-state index < -0.39 is 0 Å². The van der Waals surface area contributed by atoms with Gasteiger partial charge in [0, 0.05) is 20.6 Å². The predicted octanol–water partition coefficient (Wildman–Crippen LogP) is 4.32. The molecule has 0 unspecified atom stereocenters. The van der Waals surface area contributed by atoms with Crippen molar-refractivity contribution in [3.63, 3.8) is 0 Å². The van der Waals surface area contributed by atoms with Crippen LogP contribution >= 0.6 is 0 Å². The van der Waals surface area contributed by atoms with Crippen LogP contribution in [0, 0.1) is 5.92 Å². The number of piperidine rings is 2. The highest BCUT2D eigenvalue weighted by atomic mass is 16.6. The molecule has 4 heterocycles. The first-order chi connectivity index (χ1) is 17.6. The minimum atomic E-state index is 0. The van der Waals surface area contributed by atoms with E-state index in [1.165, 1.54) is 37.1 Å². The Morgan fingerprint density at radius 1 is 0.667 bits per heavy atom. The number of ether oxygens (including phenoxy) is 4. The molecule has 36 heavy (non-hydrogen) atoms. The number of hydrogen-bond acceptors (Lipinski definition) is 7. The second kappa shape index (κ2) is 12.2. The summed E-state index contributed by atoms with van der Waals surface area (Å²) in [5.74, 6) is 4.43. The first-order valence-corrected chi connectivity index (χ1v) is 13.6. The average Bonchev–Trinajstić information content (AvgIpc) is 2.92. The van der Waals surface area contributed by atoms with Gasteiger partial charge in [-0.1, -0.05) is 19.1 Å². The van der Waals surface area contributed by atoms with Gasteiger partial charge in [-0.2, -0.15) is 0 Å². The van der Waals surface area contributed by atoms with Gasteiger partial charge >= 0.3 is 0 Å². The number of benzene rings is 2. The molecule has 2 aromatic rings. The quantitative estimate of drug-likeness (QED) is 0.675. The van der Waals surface area contributed by atoms with E-state index in [0.717, 1.165) is 67.9 Å². The summed E-state index contributed by atoms with van der Waals surface area (Å²) in [5, 5.41) is 0. The highest BCUT2D eigenvalue weighted by Gasteiger charge is 2.19. The van der Waals surface area contributed by atoms with E-state index in [9.17, 15) is 0 Å². The molecule has 2 N–H and O–H groups in total. The van der Waals surface area contributed by atoms with Gasteiger partial charge in [0.2, 0.25) is 0 Å². The van der Waals surface area contributed by atoms with Crippen molar-refractivity contribution in [3.8, 4) is 23.0 Å². The van der Waals surface area contributed by atoms with Gasteiger partial charge in [-0.05, 0) is 93.2 Å². The summed E-state index contributed by atoms with van der Waals surface area (Å²) in [7, 11) is 0. The number of likely N-dealkylation sites (tertiary alicyclic amines) is 2. The number of fused-ring (bicyclic) bond motifs is 2. The zero-order chi connectivity index (χ0) is 24.7. The minimum Gasteiger partial charge on any atom is -0.486 e. The Morgan fingerprint density at radius 2 is 1.08 bits per heavy atom. The van der Waals surface area contributed by atoms with Gasteiger partial charge in [0.25, 0.3) is 0 Å². The lowest BCUT2D eigenvalue weighted by atomic mass is 9.99. The molecular weight excluding hydrogens is 454 g/mol. The lowest BCUT2D eigenvalue weighted by Gasteiger charge is -2.30. The van der Waals surface area contributed by atoms with Crippen molar-refractivity contribution in [2.75, 3.05) is 52.6 Å². The highest BCUT2D eigenvalue weighted by molar-refractivity contribution is 5.44. The summed E-state index contributed by atoms with van der Waals surface area (Å²) in [5.41, 5.74) is 8.53. The second-order valence-corrected chi connectivity index (χ2v) is 10.5. The van der Waals surface area contributed by atoms with Gasteiger partial charge in [0.1, 0.15) is 26.4 Å². The Morgan fingerprint density at radius 3 is 1.56 bits per heavy atom. The van der Waals surface area contributed by atoms with Gasteiger partial charge in [-0.15, -0.1) is 0 Å². The molecule has 0 saturated carbocycles. The molecule has 2 aromatic carbocycles. The van der Waals surface area contributed by atoms with Crippen LogP contribution in [0.15, 0.2) is 36.4 Å². The third-order valence-corrected chi connectivity index (χ3v) is 7.53. The van der Waals surface area contributed by atoms with Gasteiger partial charge in [-0.3, -0.25) is 9.80 Å². The topological polar surface area (TPSA) is 69.4 Å². The number of nitrogens with zero attached hydrogens (tertiary/aromatic N) is 2. The summed E-state index contributed by atoms with van der Waals surface area (Å²) < 4.78 is 22.3. The third kappa shape index (κ3) is 6.84. The van der Waals surface area contributed by atoms with Crippen molar-refractivity contribution in [3.05, 3.63) is 47.5 Å². The maximum Gasteiger partial charge on any atom is 0.161 e. The Bertz CT molecular complexity index is 912.